The van der Waals surface area contributed by atoms with E-state index in [0.29, 0.717) is 18.4 Å². The Hall–Kier alpha value is -3.59. The molecule has 0 radical (unpaired) electrons. The highest BCUT2D eigenvalue weighted by Crippen LogP contribution is 2.42. The molecule has 3 heteroatoms. The number of allylic oxidation sites excluding steroid dienone is 1. The number of aromatic nitrogens is 2. The molecule has 0 aliphatic rings. The number of benzene rings is 2. The second kappa shape index (κ2) is 12.9. The molecule has 0 aliphatic heterocycles. The largest absolute Gasteiger partial charge is 0.501 e. The minimum absolute atomic E-state index is 0.0815. The van der Waals surface area contributed by atoms with Crippen LogP contribution in [-0.4, -0.2) is 16.2 Å². The zero-order valence-corrected chi connectivity index (χ0v) is 26.3. The topological polar surface area (TPSA) is 27.1 Å². The summed E-state index contributed by atoms with van der Waals surface area (Å²) >= 11 is 0. The Morgan fingerprint density at radius 3 is 2.49 bits per heavy atom. The summed E-state index contributed by atoms with van der Waals surface area (Å²) in [6.07, 6.45) is 8.47. The molecular formula is C38H48N2O. The van der Waals surface area contributed by atoms with E-state index in [2.05, 4.69) is 115 Å². The van der Waals surface area contributed by atoms with Crippen molar-refractivity contribution in [3.8, 4) is 22.4 Å². The Morgan fingerprint density at radius 2 is 1.80 bits per heavy atom. The average Bonchev–Trinajstić information content (AvgIpc) is 3.26. The van der Waals surface area contributed by atoms with Crippen LogP contribution in [0.1, 0.15) is 76.3 Å². The molecule has 2 atom stereocenters. The molecule has 0 saturated carbocycles. The average molecular weight is 549 g/mol. The van der Waals surface area contributed by atoms with Crippen LogP contribution >= 0.6 is 0 Å². The number of hydrogen-bond acceptors (Lipinski definition) is 2. The van der Waals surface area contributed by atoms with Gasteiger partial charge in [0.2, 0.25) is 0 Å². The van der Waals surface area contributed by atoms with Crippen molar-refractivity contribution in [1.29, 1.82) is 0 Å². The summed E-state index contributed by atoms with van der Waals surface area (Å²) in [4.78, 5) is 4.92. The van der Waals surface area contributed by atoms with Crippen molar-refractivity contribution in [1.82, 2.24) is 9.55 Å². The van der Waals surface area contributed by atoms with E-state index in [1.165, 1.54) is 55.7 Å². The van der Waals surface area contributed by atoms with Crippen molar-refractivity contribution in [2.24, 2.45) is 11.3 Å². The minimum Gasteiger partial charge on any atom is -0.501 e. The first-order valence-corrected chi connectivity index (χ1v) is 15.2. The van der Waals surface area contributed by atoms with Gasteiger partial charge in [-0.1, -0.05) is 77.1 Å². The Kier molecular flexibility index (Phi) is 9.58. The van der Waals surface area contributed by atoms with Crippen LogP contribution in [0.5, 0.6) is 0 Å². The van der Waals surface area contributed by atoms with E-state index in [0.717, 1.165) is 25.8 Å². The summed E-state index contributed by atoms with van der Waals surface area (Å²) in [5.74, 6) is 0.817. The molecule has 0 spiro atoms. The molecule has 2 aromatic heterocycles. The lowest BCUT2D eigenvalue weighted by atomic mass is 9.83. The number of fused-ring (bicyclic) bond motifs is 1. The first-order valence-electron chi connectivity index (χ1n) is 15.2. The standard InChI is InChI=1S/C38H48N2O/c1-10-26(5)19-29-20-27(6)21-31(22-29)30-16-17-35-33(23-30)34(24-38(8,9)25-41-13-4)37(40(35)12-3)32-15-14-18-39-36(32)28(7)11-2/h10,13-18,20-23,26,28H,1,4,11-12,19,24-25H2,2-3,5-9H3. The first kappa shape index (κ1) is 30.4. The predicted octanol–water partition coefficient (Wildman–Crippen LogP) is 10.3. The molecule has 41 heavy (non-hydrogen) atoms. The molecule has 0 amide bonds. The third-order valence-electron chi connectivity index (χ3n) is 8.34. The van der Waals surface area contributed by atoms with Gasteiger partial charge in [-0.25, -0.2) is 0 Å². The van der Waals surface area contributed by atoms with E-state index >= 15 is 0 Å². The fraction of sp³-hybridized carbons (Fsp3) is 0.395. The lowest BCUT2D eigenvalue weighted by molar-refractivity contribution is 0.138. The van der Waals surface area contributed by atoms with Crippen molar-refractivity contribution in [2.45, 2.75) is 80.2 Å². The van der Waals surface area contributed by atoms with Crippen LogP contribution in [0, 0.1) is 18.3 Å². The third kappa shape index (κ3) is 6.67. The number of hydrogen-bond donors (Lipinski definition) is 0. The lowest BCUT2D eigenvalue weighted by Crippen LogP contribution is -2.21. The van der Waals surface area contributed by atoms with E-state index in [1.807, 2.05) is 12.3 Å². The fourth-order valence-corrected chi connectivity index (χ4v) is 6.04. The summed E-state index contributed by atoms with van der Waals surface area (Å²) < 4.78 is 8.23. The van der Waals surface area contributed by atoms with Crippen molar-refractivity contribution in [3.63, 3.8) is 0 Å². The van der Waals surface area contributed by atoms with Crippen molar-refractivity contribution >= 4 is 10.9 Å². The smallest absolute Gasteiger partial charge is 0.0927 e. The maximum Gasteiger partial charge on any atom is 0.0927 e. The molecule has 3 nitrogen and oxygen atoms in total. The van der Waals surface area contributed by atoms with E-state index in [1.54, 1.807) is 6.26 Å². The zero-order valence-electron chi connectivity index (χ0n) is 26.3. The first-order chi connectivity index (χ1) is 19.6. The molecule has 0 bridgehead atoms. The summed E-state index contributed by atoms with van der Waals surface area (Å²) in [6, 6.07) is 18.4. The van der Waals surface area contributed by atoms with Gasteiger partial charge in [0, 0.05) is 34.6 Å². The van der Waals surface area contributed by atoms with Gasteiger partial charge in [0.05, 0.1) is 24.3 Å². The molecule has 0 saturated heterocycles. The van der Waals surface area contributed by atoms with Gasteiger partial charge in [-0.05, 0) is 91.5 Å². The highest BCUT2D eigenvalue weighted by atomic mass is 16.5. The van der Waals surface area contributed by atoms with E-state index < -0.39 is 0 Å². The lowest BCUT2D eigenvalue weighted by Gasteiger charge is -2.25. The van der Waals surface area contributed by atoms with Gasteiger partial charge >= 0.3 is 0 Å². The highest BCUT2D eigenvalue weighted by Gasteiger charge is 2.28. The summed E-state index contributed by atoms with van der Waals surface area (Å²) in [6.45, 7) is 25.1. The van der Waals surface area contributed by atoms with E-state index in [9.17, 15) is 0 Å². The summed E-state index contributed by atoms with van der Waals surface area (Å²) in [5, 5.41) is 1.31. The molecule has 2 unspecified atom stereocenters. The number of aryl methyl sites for hydroxylation is 2. The second-order valence-corrected chi connectivity index (χ2v) is 12.5. The molecule has 4 aromatic rings. The van der Waals surface area contributed by atoms with Gasteiger partial charge in [0.15, 0.2) is 0 Å². The quantitative estimate of drug-likeness (QED) is 0.123. The molecule has 0 aliphatic carbocycles. The SMILES string of the molecule is C=COCC(C)(C)Cc1c(-c2cccnc2C(C)CC)n(CC)c2ccc(-c3cc(C)cc(CC(C)C=C)c3)cc12. The van der Waals surface area contributed by atoms with Crippen LogP contribution < -0.4 is 0 Å². The van der Waals surface area contributed by atoms with Gasteiger partial charge in [0.1, 0.15) is 0 Å². The Morgan fingerprint density at radius 1 is 1.02 bits per heavy atom. The second-order valence-electron chi connectivity index (χ2n) is 12.5. The van der Waals surface area contributed by atoms with Gasteiger partial charge < -0.3 is 9.30 Å². The van der Waals surface area contributed by atoms with Crippen LogP contribution in [0.4, 0.5) is 0 Å². The summed E-state index contributed by atoms with van der Waals surface area (Å²) in [7, 11) is 0. The molecule has 4 rings (SSSR count). The number of rotatable bonds is 13. The Balaban J connectivity index is 1.99. The van der Waals surface area contributed by atoms with Crippen LogP contribution in [0.25, 0.3) is 33.3 Å². The number of nitrogens with zero attached hydrogens (tertiary/aromatic N) is 2. The summed E-state index contributed by atoms with van der Waals surface area (Å²) in [5.41, 5.74) is 11.4. The fourth-order valence-electron chi connectivity index (χ4n) is 6.04. The third-order valence-corrected chi connectivity index (χ3v) is 8.34. The molecule has 0 fully saturated rings. The van der Waals surface area contributed by atoms with Crippen LogP contribution in [-0.2, 0) is 24.1 Å². The van der Waals surface area contributed by atoms with Crippen molar-refractivity contribution in [2.75, 3.05) is 6.61 Å². The van der Waals surface area contributed by atoms with Crippen LogP contribution in [0.15, 0.2) is 80.2 Å². The highest BCUT2D eigenvalue weighted by molar-refractivity contribution is 5.95. The van der Waals surface area contributed by atoms with Crippen molar-refractivity contribution in [3.05, 3.63) is 103 Å². The monoisotopic (exact) mass is 548 g/mol. The van der Waals surface area contributed by atoms with Gasteiger partial charge in [0.25, 0.3) is 0 Å². The Bertz CT molecular complexity index is 1520. The molecule has 0 N–H and O–H groups in total. The van der Waals surface area contributed by atoms with Gasteiger partial charge in [-0.15, -0.1) is 6.58 Å². The van der Waals surface area contributed by atoms with Crippen LogP contribution in [0.2, 0.25) is 0 Å². The maximum absolute atomic E-state index is 5.74. The molecular weight excluding hydrogens is 500 g/mol. The number of pyridine rings is 1. The van der Waals surface area contributed by atoms with Crippen molar-refractivity contribution < 1.29 is 4.74 Å². The van der Waals surface area contributed by atoms with E-state index in [4.69, 9.17) is 9.72 Å². The number of ether oxygens (including phenoxy) is 1. The predicted molar refractivity (Wildman–Crippen MR) is 176 cm³/mol. The van der Waals surface area contributed by atoms with Gasteiger partial charge in [-0.2, -0.15) is 0 Å². The van der Waals surface area contributed by atoms with Crippen LogP contribution in [0.3, 0.4) is 0 Å². The maximum atomic E-state index is 5.74. The normalized spacial score (nSPS) is 13.2. The van der Waals surface area contributed by atoms with Gasteiger partial charge in [-0.3, -0.25) is 4.98 Å². The minimum atomic E-state index is -0.0815. The molecule has 2 aromatic carbocycles. The Labute approximate surface area is 248 Å². The molecule has 2 heterocycles. The molecule has 216 valence electrons. The zero-order chi connectivity index (χ0) is 29.7. The van der Waals surface area contributed by atoms with E-state index in [-0.39, 0.29) is 5.41 Å².